The number of benzene rings is 2. The topological polar surface area (TPSA) is 78.1 Å². The summed E-state index contributed by atoms with van der Waals surface area (Å²) in [7, 11) is 1.62. The average Bonchev–Trinajstić information content (AvgIpc) is 3.38. The lowest BCUT2D eigenvalue weighted by molar-refractivity contribution is 0.236. The molecule has 2 aromatic rings. The van der Waals surface area contributed by atoms with Gasteiger partial charge in [0, 0.05) is 36.1 Å². The Bertz CT molecular complexity index is 819. The molecule has 7 nitrogen and oxygen atoms in total. The zero-order chi connectivity index (χ0) is 19.3. The van der Waals surface area contributed by atoms with Gasteiger partial charge in [0.15, 0.2) is 0 Å². The highest BCUT2D eigenvalue weighted by Crippen LogP contribution is 2.40. The molecule has 0 radical (unpaired) electrons. The van der Waals surface area contributed by atoms with E-state index in [1.807, 2.05) is 24.3 Å². The number of rotatable bonds is 7. The molecule has 0 fully saturated rings. The van der Waals surface area contributed by atoms with E-state index < -0.39 is 0 Å². The molecular formula is C21H24N2O5. The molecule has 2 aliphatic heterocycles. The van der Waals surface area contributed by atoms with Gasteiger partial charge in [0.25, 0.3) is 0 Å². The van der Waals surface area contributed by atoms with Gasteiger partial charge in [0.1, 0.15) is 29.6 Å². The molecule has 2 heterocycles. The summed E-state index contributed by atoms with van der Waals surface area (Å²) in [6.07, 6.45) is 1.73. The molecule has 0 spiro atoms. The van der Waals surface area contributed by atoms with Crippen LogP contribution in [0.3, 0.4) is 0 Å². The molecule has 2 aliphatic rings. The number of nitrogens with one attached hydrogen (secondary N) is 2. The first-order chi connectivity index (χ1) is 13.7. The van der Waals surface area contributed by atoms with Gasteiger partial charge in [-0.1, -0.05) is 0 Å². The van der Waals surface area contributed by atoms with Gasteiger partial charge in [-0.2, -0.15) is 0 Å². The number of fused-ring (bicyclic) bond motifs is 2. The van der Waals surface area contributed by atoms with Crippen molar-refractivity contribution in [2.45, 2.75) is 19.4 Å². The third-order valence-corrected chi connectivity index (χ3v) is 4.90. The van der Waals surface area contributed by atoms with Crippen LogP contribution in [0.1, 0.15) is 16.7 Å². The van der Waals surface area contributed by atoms with Crippen molar-refractivity contribution in [2.75, 3.05) is 33.5 Å². The minimum absolute atomic E-state index is 0.235. The Labute approximate surface area is 163 Å². The van der Waals surface area contributed by atoms with Crippen molar-refractivity contribution in [3.8, 4) is 23.0 Å². The van der Waals surface area contributed by atoms with Crippen LogP contribution in [0.15, 0.2) is 30.3 Å². The van der Waals surface area contributed by atoms with Crippen molar-refractivity contribution in [3.63, 3.8) is 0 Å². The highest BCUT2D eigenvalue weighted by Gasteiger charge is 2.26. The van der Waals surface area contributed by atoms with Crippen LogP contribution in [0, 0.1) is 0 Å². The van der Waals surface area contributed by atoms with Crippen LogP contribution in [0.2, 0.25) is 0 Å². The molecule has 0 unspecified atom stereocenters. The first-order valence-corrected chi connectivity index (χ1v) is 9.46. The number of hydrogen-bond acceptors (Lipinski definition) is 5. The van der Waals surface area contributed by atoms with Crippen LogP contribution in [0.4, 0.5) is 4.79 Å². The molecule has 28 heavy (non-hydrogen) atoms. The molecule has 0 bridgehead atoms. The summed E-state index contributed by atoms with van der Waals surface area (Å²) in [4.78, 5) is 12.1. The summed E-state index contributed by atoms with van der Waals surface area (Å²) < 4.78 is 22.2. The smallest absolute Gasteiger partial charge is 0.315 e. The quantitative estimate of drug-likeness (QED) is 0.717. The molecule has 0 aromatic heterocycles. The standard InChI is InChI=1S/C21H24N2O5/c1-25-15-2-4-16(5-3-15)26-11-8-22-21(24)23-13-18-17-7-10-27-19(17)12-14-6-9-28-20(14)18/h2-5,12H,6-11,13H2,1H3,(H2,22,23,24). The average molecular weight is 384 g/mol. The summed E-state index contributed by atoms with van der Waals surface area (Å²) in [5, 5.41) is 5.72. The van der Waals surface area contributed by atoms with Gasteiger partial charge in [0.2, 0.25) is 0 Å². The second-order valence-corrected chi connectivity index (χ2v) is 6.65. The van der Waals surface area contributed by atoms with Gasteiger partial charge < -0.3 is 29.6 Å². The maximum atomic E-state index is 12.1. The van der Waals surface area contributed by atoms with Gasteiger partial charge in [-0.05, 0) is 30.3 Å². The van der Waals surface area contributed by atoms with E-state index in [9.17, 15) is 4.79 Å². The van der Waals surface area contributed by atoms with E-state index in [0.29, 0.717) is 32.9 Å². The van der Waals surface area contributed by atoms with E-state index in [1.165, 1.54) is 0 Å². The predicted molar refractivity (Wildman–Crippen MR) is 104 cm³/mol. The van der Waals surface area contributed by atoms with Crippen molar-refractivity contribution >= 4 is 6.03 Å². The fourth-order valence-electron chi connectivity index (χ4n) is 3.51. The summed E-state index contributed by atoms with van der Waals surface area (Å²) in [6.45, 7) is 2.57. The van der Waals surface area contributed by atoms with Crippen molar-refractivity contribution in [1.82, 2.24) is 10.6 Å². The molecule has 0 aliphatic carbocycles. The van der Waals surface area contributed by atoms with Gasteiger partial charge >= 0.3 is 6.03 Å². The Morgan fingerprint density at radius 3 is 2.68 bits per heavy atom. The van der Waals surface area contributed by atoms with Gasteiger partial charge in [-0.15, -0.1) is 0 Å². The monoisotopic (exact) mass is 384 g/mol. The maximum Gasteiger partial charge on any atom is 0.315 e. The van der Waals surface area contributed by atoms with Gasteiger partial charge in [-0.3, -0.25) is 0 Å². The van der Waals surface area contributed by atoms with E-state index in [0.717, 1.165) is 52.5 Å². The highest BCUT2D eigenvalue weighted by molar-refractivity contribution is 5.74. The first kappa shape index (κ1) is 18.3. The fraction of sp³-hybridized carbons (Fsp3) is 0.381. The minimum atomic E-state index is -0.235. The highest BCUT2D eigenvalue weighted by atomic mass is 16.5. The maximum absolute atomic E-state index is 12.1. The molecule has 2 N–H and O–H groups in total. The van der Waals surface area contributed by atoms with E-state index >= 15 is 0 Å². The molecule has 0 saturated heterocycles. The Kier molecular flexibility index (Phi) is 5.41. The molecule has 0 saturated carbocycles. The lowest BCUT2D eigenvalue weighted by atomic mass is 9.99. The van der Waals surface area contributed by atoms with Crippen LogP contribution in [-0.4, -0.2) is 39.5 Å². The lowest BCUT2D eigenvalue weighted by Gasteiger charge is -2.14. The van der Waals surface area contributed by atoms with E-state index in [2.05, 4.69) is 16.7 Å². The largest absolute Gasteiger partial charge is 0.497 e. The number of carbonyl (C=O) groups is 1. The zero-order valence-corrected chi connectivity index (χ0v) is 15.9. The summed E-state index contributed by atoms with van der Waals surface area (Å²) in [5.74, 6) is 3.34. The van der Waals surface area contributed by atoms with Crippen molar-refractivity contribution in [3.05, 3.63) is 47.0 Å². The van der Waals surface area contributed by atoms with Crippen molar-refractivity contribution < 1.29 is 23.7 Å². The normalized spacial score (nSPS) is 13.8. The SMILES string of the molecule is COc1ccc(OCCNC(=O)NCc2c3c(cc4c2OCC4)OCC3)cc1. The number of methoxy groups -OCH3 is 1. The molecule has 7 heteroatoms. The Hall–Kier alpha value is -3.09. The fourth-order valence-corrected chi connectivity index (χ4v) is 3.51. The van der Waals surface area contributed by atoms with Crippen molar-refractivity contribution in [1.29, 1.82) is 0 Å². The lowest BCUT2D eigenvalue weighted by Crippen LogP contribution is -2.37. The van der Waals surface area contributed by atoms with Crippen molar-refractivity contribution in [2.24, 2.45) is 0 Å². The third-order valence-electron chi connectivity index (χ3n) is 4.90. The van der Waals surface area contributed by atoms with E-state index in [4.69, 9.17) is 18.9 Å². The van der Waals surface area contributed by atoms with E-state index in [-0.39, 0.29) is 6.03 Å². The molecule has 2 aromatic carbocycles. The van der Waals surface area contributed by atoms with Gasteiger partial charge in [0.05, 0.1) is 26.9 Å². The third kappa shape index (κ3) is 3.93. The second kappa shape index (κ2) is 8.29. The first-order valence-electron chi connectivity index (χ1n) is 9.46. The number of urea groups is 1. The second-order valence-electron chi connectivity index (χ2n) is 6.65. The Morgan fingerprint density at radius 2 is 1.86 bits per heavy atom. The molecule has 148 valence electrons. The summed E-state index contributed by atoms with van der Waals surface area (Å²) in [5.41, 5.74) is 3.33. The molecule has 0 atom stereocenters. The van der Waals surface area contributed by atoms with Crippen LogP contribution in [0.25, 0.3) is 0 Å². The summed E-state index contributed by atoms with van der Waals surface area (Å²) in [6, 6.07) is 9.16. The number of ether oxygens (including phenoxy) is 4. The zero-order valence-electron chi connectivity index (χ0n) is 15.9. The summed E-state index contributed by atoms with van der Waals surface area (Å²) >= 11 is 0. The predicted octanol–water partition coefficient (Wildman–Crippen LogP) is 2.44. The minimum Gasteiger partial charge on any atom is -0.497 e. The van der Waals surface area contributed by atoms with Gasteiger partial charge in [-0.25, -0.2) is 4.79 Å². The molecule has 4 rings (SSSR count). The molecular weight excluding hydrogens is 360 g/mol. The Balaban J connectivity index is 1.25. The number of amides is 2. The number of hydrogen-bond donors (Lipinski definition) is 2. The van der Waals surface area contributed by atoms with E-state index in [1.54, 1.807) is 7.11 Å². The Morgan fingerprint density at radius 1 is 1.07 bits per heavy atom. The van der Waals surface area contributed by atoms with Crippen LogP contribution in [0.5, 0.6) is 23.0 Å². The number of carbonyl (C=O) groups excluding carboxylic acids is 1. The van der Waals surface area contributed by atoms with Crippen LogP contribution >= 0.6 is 0 Å². The van der Waals surface area contributed by atoms with Crippen LogP contribution < -0.4 is 29.6 Å². The van der Waals surface area contributed by atoms with Crippen LogP contribution in [-0.2, 0) is 19.4 Å². The molecule has 2 amide bonds.